The smallest absolute Gasteiger partial charge is 0.202 e. The third-order valence-electron chi connectivity index (χ3n) is 2.62. The molecular weight excluding hydrogens is 236 g/mol. The maximum absolute atomic E-state index is 11.7. The maximum atomic E-state index is 11.7. The SMILES string of the molecule is CC(CCCl)CNS(=O)(=O)N1CCCC1. The van der Waals surface area contributed by atoms with Gasteiger partial charge in [0.2, 0.25) is 0 Å². The number of hydrogen-bond donors (Lipinski definition) is 1. The lowest BCUT2D eigenvalue weighted by atomic mass is 10.1. The Bertz CT molecular complexity index is 276. The van der Waals surface area contributed by atoms with E-state index in [0.29, 0.717) is 31.4 Å². The lowest BCUT2D eigenvalue weighted by Crippen LogP contribution is -2.40. The van der Waals surface area contributed by atoms with Crippen molar-refractivity contribution in [1.29, 1.82) is 0 Å². The molecule has 1 N–H and O–H groups in total. The van der Waals surface area contributed by atoms with Crippen LogP contribution in [0.5, 0.6) is 0 Å². The van der Waals surface area contributed by atoms with Crippen molar-refractivity contribution in [3.63, 3.8) is 0 Å². The van der Waals surface area contributed by atoms with Crippen LogP contribution >= 0.6 is 11.6 Å². The molecular formula is C9H19ClN2O2S. The molecule has 1 atom stereocenters. The summed E-state index contributed by atoms with van der Waals surface area (Å²) in [5.41, 5.74) is 0. The molecule has 0 aromatic carbocycles. The summed E-state index contributed by atoms with van der Waals surface area (Å²) in [5, 5.41) is 0. The molecule has 1 saturated heterocycles. The van der Waals surface area contributed by atoms with Gasteiger partial charge in [-0.3, -0.25) is 0 Å². The summed E-state index contributed by atoms with van der Waals surface area (Å²) in [4.78, 5) is 0. The van der Waals surface area contributed by atoms with Crippen molar-refractivity contribution in [2.24, 2.45) is 5.92 Å². The van der Waals surface area contributed by atoms with Gasteiger partial charge in [-0.15, -0.1) is 11.6 Å². The number of halogens is 1. The van der Waals surface area contributed by atoms with Crippen molar-refractivity contribution in [3.05, 3.63) is 0 Å². The molecule has 0 aromatic heterocycles. The number of nitrogens with one attached hydrogen (secondary N) is 1. The Hall–Kier alpha value is 0.160. The van der Waals surface area contributed by atoms with Gasteiger partial charge in [-0.25, -0.2) is 4.72 Å². The summed E-state index contributed by atoms with van der Waals surface area (Å²) in [6, 6.07) is 0. The number of alkyl halides is 1. The van der Waals surface area contributed by atoms with E-state index >= 15 is 0 Å². The van der Waals surface area contributed by atoms with Crippen LogP contribution in [-0.2, 0) is 10.2 Å². The molecule has 4 nitrogen and oxygen atoms in total. The van der Waals surface area contributed by atoms with Gasteiger partial charge in [0.1, 0.15) is 0 Å². The fourth-order valence-corrected chi connectivity index (χ4v) is 3.34. The van der Waals surface area contributed by atoms with E-state index in [9.17, 15) is 8.42 Å². The lowest BCUT2D eigenvalue weighted by molar-refractivity contribution is 0.452. The minimum atomic E-state index is -3.23. The molecule has 0 bridgehead atoms. The summed E-state index contributed by atoms with van der Waals surface area (Å²) < 4.78 is 27.6. The van der Waals surface area contributed by atoms with Gasteiger partial charge in [0.25, 0.3) is 10.2 Å². The van der Waals surface area contributed by atoms with Gasteiger partial charge >= 0.3 is 0 Å². The number of rotatable bonds is 6. The zero-order valence-corrected chi connectivity index (χ0v) is 10.6. The van der Waals surface area contributed by atoms with E-state index < -0.39 is 10.2 Å². The first-order valence-electron chi connectivity index (χ1n) is 5.37. The normalized spacial score (nSPS) is 20.7. The Kier molecular flexibility index (Phi) is 5.32. The Morgan fingerprint density at radius 3 is 2.53 bits per heavy atom. The molecule has 6 heteroatoms. The third kappa shape index (κ3) is 4.26. The van der Waals surface area contributed by atoms with Crippen LogP contribution in [0.2, 0.25) is 0 Å². The molecule has 0 aromatic rings. The van der Waals surface area contributed by atoms with E-state index in [-0.39, 0.29) is 0 Å². The zero-order valence-electron chi connectivity index (χ0n) is 9.08. The molecule has 0 radical (unpaired) electrons. The maximum Gasteiger partial charge on any atom is 0.279 e. The van der Waals surface area contributed by atoms with Crippen LogP contribution in [0.4, 0.5) is 0 Å². The van der Waals surface area contributed by atoms with Crippen LogP contribution in [0.1, 0.15) is 26.2 Å². The second-order valence-corrected chi connectivity index (χ2v) is 6.18. The molecule has 0 spiro atoms. The van der Waals surface area contributed by atoms with Gasteiger partial charge in [-0.05, 0) is 25.2 Å². The molecule has 90 valence electrons. The largest absolute Gasteiger partial charge is 0.279 e. The Morgan fingerprint density at radius 1 is 1.40 bits per heavy atom. The minimum absolute atomic E-state index is 0.292. The van der Waals surface area contributed by atoms with Crippen molar-refractivity contribution in [2.75, 3.05) is 25.5 Å². The van der Waals surface area contributed by atoms with Gasteiger partial charge in [0.05, 0.1) is 0 Å². The van der Waals surface area contributed by atoms with Gasteiger partial charge in [-0.1, -0.05) is 6.92 Å². The van der Waals surface area contributed by atoms with Crippen LogP contribution in [0.25, 0.3) is 0 Å². The van der Waals surface area contributed by atoms with E-state index in [1.807, 2.05) is 6.92 Å². The van der Waals surface area contributed by atoms with Gasteiger partial charge in [0, 0.05) is 25.5 Å². The topological polar surface area (TPSA) is 49.4 Å². The summed E-state index contributed by atoms with van der Waals surface area (Å²) in [7, 11) is -3.23. The van der Waals surface area contributed by atoms with Gasteiger partial charge in [-0.2, -0.15) is 12.7 Å². The zero-order chi connectivity index (χ0) is 11.3. The standard InChI is InChI=1S/C9H19ClN2O2S/c1-9(4-5-10)8-11-15(13,14)12-6-2-3-7-12/h9,11H,2-8H2,1H3. The number of nitrogens with zero attached hydrogens (tertiary/aromatic N) is 1. The first-order chi connectivity index (χ1) is 7.06. The molecule has 0 aliphatic carbocycles. The summed E-state index contributed by atoms with van der Waals surface area (Å²) in [5.74, 6) is 0.868. The van der Waals surface area contributed by atoms with Crippen LogP contribution in [0.15, 0.2) is 0 Å². The van der Waals surface area contributed by atoms with Crippen molar-refractivity contribution in [1.82, 2.24) is 9.03 Å². The van der Waals surface area contributed by atoms with Gasteiger partial charge < -0.3 is 0 Å². The molecule has 1 unspecified atom stereocenters. The van der Waals surface area contributed by atoms with Crippen molar-refractivity contribution in [2.45, 2.75) is 26.2 Å². The predicted molar refractivity (Wildman–Crippen MR) is 62.2 cm³/mol. The molecule has 0 saturated carbocycles. The second-order valence-electron chi connectivity index (χ2n) is 4.04. The fraction of sp³-hybridized carbons (Fsp3) is 1.00. The second kappa shape index (κ2) is 6.03. The summed E-state index contributed by atoms with van der Waals surface area (Å²) in [6.45, 7) is 3.78. The Balaban J connectivity index is 2.35. The highest BCUT2D eigenvalue weighted by atomic mass is 35.5. The molecule has 1 fully saturated rings. The summed E-state index contributed by atoms with van der Waals surface area (Å²) >= 11 is 5.59. The molecule has 15 heavy (non-hydrogen) atoms. The third-order valence-corrected chi connectivity index (χ3v) is 4.42. The molecule has 1 aliphatic rings. The minimum Gasteiger partial charge on any atom is -0.202 e. The molecule has 0 amide bonds. The Morgan fingerprint density at radius 2 is 2.00 bits per heavy atom. The van der Waals surface area contributed by atoms with E-state index in [2.05, 4.69) is 4.72 Å². The van der Waals surface area contributed by atoms with Crippen molar-refractivity contribution >= 4 is 21.8 Å². The van der Waals surface area contributed by atoms with E-state index in [1.54, 1.807) is 0 Å². The molecule has 1 rings (SSSR count). The number of hydrogen-bond acceptors (Lipinski definition) is 2. The first kappa shape index (κ1) is 13.2. The average Bonchev–Trinajstić information content (AvgIpc) is 2.69. The monoisotopic (exact) mass is 254 g/mol. The van der Waals surface area contributed by atoms with Crippen LogP contribution < -0.4 is 4.72 Å². The van der Waals surface area contributed by atoms with Crippen LogP contribution in [-0.4, -0.2) is 38.2 Å². The van der Waals surface area contributed by atoms with Gasteiger partial charge in [0.15, 0.2) is 0 Å². The summed E-state index contributed by atoms with van der Waals surface area (Å²) in [6.07, 6.45) is 2.78. The lowest BCUT2D eigenvalue weighted by Gasteiger charge is -2.18. The highest BCUT2D eigenvalue weighted by molar-refractivity contribution is 7.87. The molecule has 1 heterocycles. The quantitative estimate of drug-likeness (QED) is 0.724. The average molecular weight is 255 g/mol. The first-order valence-corrected chi connectivity index (χ1v) is 7.34. The fourth-order valence-electron chi connectivity index (χ4n) is 1.56. The van der Waals surface area contributed by atoms with E-state index in [4.69, 9.17) is 11.6 Å². The van der Waals surface area contributed by atoms with E-state index in [0.717, 1.165) is 19.3 Å². The highest BCUT2D eigenvalue weighted by Gasteiger charge is 2.24. The van der Waals surface area contributed by atoms with Crippen molar-refractivity contribution in [3.8, 4) is 0 Å². The Labute approximate surface area is 97.2 Å². The predicted octanol–water partition coefficient (Wildman–Crippen LogP) is 1.18. The van der Waals surface area contributed by atoms with Crippen LogP contribution in [0, 0.1) is 5.92 Å². The van der Waals surface area contributed by atoms with Crippen molar-refractivity contribution < 1.29 is 8.42 Å². The van der Waals surface area contributed by atoms with Crippen LogP contribution in [0.3, 0.4) is 0 Å². The van der Waals surface area contributed by atoms with E-state index in [1.165, 1.54) is 4.31 Å². The highest BCUT2D eigenvalue weighted by Crippen LogP contribution is 2.11. The molecule has 1 aliphatic heterocycles.